The van der Waals surface area contributed by atoms with E-state index in [9.17, 15) is 13.2 Å². The second-order valence-corrected chi connectivity index (χ2v) is 8.66. The Morgan fingerprint density at radius 3 is 2.24 bits per heavy atom. The number of carbonyl (C=O) groups is 1. The van der Waals surface area contributed by atoms with Crippen molar-refractivity contribution < 1.29 is 17.9 Å². The van der Waals surface area contributed by atoms with Crippen LogP contribution in [-0.2, 0) is 10.0 Å². The molecule has 1 aliphatic heterocycles. The lowest BCUT2D eigenvalue weighted by Gasteiger charge is -2.34. The molecular weight excluding hydrogens is 360 g/mol. The van der Waals surface area contributed by atoms with Gasteiger partial charge < -0.3 is 9.64 Å². The van der Waals surface area contributed by atoms with Gasteiger partial charge in [-0.05, 0) is 48.2 Å². The van der Waals surface area contributed by atoms with E-state index < -0.39 is 10.0 Å². The average molecular weight is 380 g/mol. The summed E-state index contributed by atoms with van der Waals surface area (Å²) in [4.78, 5) is 15.2. The maximum Gasteiger partial charge on any atom is 0.264 e. The Kier molecular flexibility index (Phi) is 5.12. The second-order valence-electron chi connectivity index (χ2n) is 5.80. The number of benzene rings is 1. The highest BCUT2D eigenvalue weighted by molar-refractivity contribution is 7.89. The lowest BCUT2D eigenvalue weighted by molar-refractivity contribution is 0.0702. The van der Waals surface area contributed by atoms with Gasteiger partial charge in [0.2, 0.25) is 10.0 Å². The predicted octanol–water partition coefficient (Wildman–Crippen LogP) is 2.21. The monoisotopic (exact) mass is 380 g/mol. The van der Waals surface area contributed by atoms with E-state index in [2.05, 4.69) is 0 Å². The zero-order valence-corrected chi connectivity index (χ0v) is 15.8. The summed E-state index contributed by atoms with van der Waals surface area (Å²) in [6.07, 6.45) is 0. The van der Waals surface area contributed by atoms with Gasteiger partial charge in [0.25, 0.3) is 5.91 Å². The van der Waals surface area contributed by atoms with Crippen molar-refractivity contribution in [1.29, 1.82) is 0 Å². The summed E-state index contributed by atoms with van der Waals surface area (Å²) in [5, 5.41) is 1.90. The van der Waals surface area contributed by atoms with Crippen molar-refractivity contribution in [1.82, 2.24) is 9.21 Å². The highest BCUT2D eigenvalue weighted by atomic mass is 32.2. The molecule has 0 atom stereocenters. The fourth-order valence-electron chi connectivity index (χ4n) is 2.76. The Morgan fingerprint density at radius 1 is 1.08 bits per heavy atom. The predicted molar refractivity (Wildman–Crippen MR) is 96.7 cm³/mol. The molecule has 1 amide bonds. The van der Waals surface area contributed by atoms with Gasteiger partial charge in [-0.1, -0.05) is 0 Å². The van der Waals surface area contributed by atoms with Crippen LogP contribution in [-0.4, -0.2) is 56.8 Å². The summed E-state index contributed by atoms with van der Waals surface area (Å²) in [6.45, 7) is 3.29. The fourth-order valence-corrected chi connectivity index (χ4v) is 5.08. The van der Waals surface area contributed by atoms with Gasteiger partial charge in [-0.15, -0.1) is 11.3 Å². The average Bonchev–Trinajstić information content (AvgIpc) is 3.07. The van der Waals surface area contributed by atoms with Crippen molar-refractivity contribution in [2.45, 2.75) is 11.8 Å². The van der Waals surface area contributed by atoms with Gasteiger partial charge in [-0.25, -0.2) is 8.42 Å². The van der Waals surface area contributed by atoms with Crippen LogP contribution in [0.2, 0.25) is 0 Å². The second kappa shape index (κ2) is 7.15. The SMILES string of the molecule is COc1ccc(S(=O)(=O)N2CCN(C(=O)c3sccc3C)CC2)cc1. The number of hydrogen-bond acceptors (Lipinski definition) is 5. The van der Waals surface area contributed by atoms with Crippen LogP contribution in [0.25, 0.3) is 0 Å². The number of carbonyl (C=O) groups excluding carboxylic acids is 1. The number of aryl methyl sites for hydroxylation is 1. The number of methoxy groups -OCH3 is 1. The van der Waals surface area contributed by atoms with Crippen molar-refractivity contribution >= 4 is 27.3 Å². The summed E-state index contributed by atoms with van der Waals surface area (Å²) >= 11 is 1.42. The molecule has 1 aromatic heterocycles. The third-order valence-electron chi connectivity index (χ3n) is 4.28. The third kappa shape index (κ3) is 3.56. The van der Waals surface area contributed by atoms with E-state index in [0.717, 1.165) is 10.4 Å². The number of amides is 1. The minimum absolute atomic E-state index is 0.0194. The Morgan fingerprint density at radius 2 is 1.72 bits per heavy atom. The molecule has 2 aromatic rings. The van der Waals surface area contributed by atoms with E-state index in [0.29, 0.717) is 31.9 Å². The van der Waals surface area contributed by atoms with Gasteiger partial charge in [0.1, 0.15) is 5.75 Å². The smallest absolute Gasteiger partial charge is 0.264 e. The van der Waals surface area contributed by atoms with E-state index in [1.165, 1.54) is 22.8 Å². The van der Waals surface area contributed by atoms with Gasteiger partial charge in [0.05, 0.1) is 16.9 Å². The Balaban J connectivity index is 1.68. The maximum absolute atomic E-state index is 12.7. The van der Waals surface area contributed by atoms with Crippen molar-refractivity contribution in [3.05, 3.63) is 46.2 Å². The molecule has 1 saturated heterocycles. The number of hydrogen-bond donors (Lipinski definition) is 0. The zero-order chi connectivity index (χ0) is 18.0. The third-order valence-corrected chi connectivity index (χ3v) is 7.20. The van der Waals surface area contributed by atoms with Crippen LogP contribution in [0.4, 0.5) is 0 Å². The molecule has 0 saturated carbocycles. The molecule has 0 bridgehead atoms. The quantitative estimate of drug-likeness (QED) is 0.816. The molecule has 0 radical (unpaired) electrons. The fraction of sp³-hybridized carbons (Fsp3) is 0.353. The van der Waals surface area contributed by atoms with E-state index in [4.69, 9.17) is 4.74 Å². The molecule has 3 rings (SSSR count). The molecular formula is C17H20N2O4S2. The van der Waals surface area contributed by atoms with Crippen molar-refractivity contribution in [2.75, 3.05) is 33.3 Å². The molecule has 1 fully saturated rings. The molecule has 8 heteroatoms. The molecule has 134 valence electrons. The molecule has 0 aliphatic carbocycles. The molecule has 25 heavy (non-hydrogen) atoms. The highest BCUT2D eigenvalue weighted by Gasteiger charge is 2.31. The highest BCUT2D eigenvalue weighted by Crippen LogP contribution is 2.22. The van der Waals surface area contributed by atoms with Gasteiger partial charge in [0.15, 0.2) is 0 Å². The summed E-state index contributed by atoms with van der Waals surface area (Å²) in [7, 11) is -2.02. The van der Waals surface area contributed by atoms with Crippen LogP contribution in [0.15, 0.2) is 40.6 Å². The Bertz CT molecular complexity index is 851. The van der Waals surface area contributed by atoms with E-state index in [-0.39, 0.29) is 10.8 Å². The van der Waals surface area contributed by atoms with Crippen molar-refractivity contribution in [2.24, 2.45) is 0 Å². The first-order valence-electron chi connectivity index (χ1n) is 7.91. The normalized spacial score (nSPS) is 16.0. The van der Waals surface area contributed by atoms with Gasteiger partial charge in [-0.3, -0.25) is 4.79 Å². The van der Waals surface area contributed by atoms with Crippen LogP contribution < -0.4 is 4.74 Å². The number of thiophene rings is 1. The summed E-state index contributed by atoms with van der Waals surface area (Å²) in [5.74, 6) is 0.592. The number of rotatable bonds is 4. The lowest BCUT2D eigenvalue weighted by Crippen LogP contribution is -2.50. The van der Waals surface area contributed by atoms with Gasteiger partial charge in [0, 0.05) is 26.2 Å². The van der Waals surface area contributed by atoms with E-state index in [1.54, 1.807) is 29.2 Å². The minimum Gasteiger partial charge on any atom is -0.497 e. The first kappa shape index (κ1) is 17.9. The molecule has 1 aliphatic rings. The Labute approximate surface area is 151 Å². The molecule has 6 nitrogen and oxygen atoms in total. The standard InChI is InChI=1S/C17H20N2O4S2/c1-13-7-12-24-16(13)17(20)18-8-10-19(11-9-18)25(21,22)15-5-3-14(23-2)4-6-15/h3-7,12H,8-11H2,1-2H3. The number of sulfonamides is 1. The largest absolute Gasteiger partial charge is 0.497 e. The minimum atomic E-state index is -3.56. The van der Waals surface area contributed by atoms with Crippen molar-refractivity contribution in [3.8, 4) is 5.75 Å². The lowest BCUT2D eigenvalue weighted by atomic mass is 10.2. The topological polar surface area (TPSA) is 66.9 Å². The van der Waals surface area contributed by atoms with Gasteiger partial charge in [-0.2, -0.15) is 4.31 Å². The van der Waals surface area contributed by atoms with Crippen LogP contribution in [0.1, 0.15) is 15.2 Å². The number of piperazine rings is 1. The van der Waals surface area contributed by atoms with Crippen LogP contribution in [0.3, 0.4) is 0 Å². The molecule has 0 spiro atoms. The summed E-state index contributed by atoms with van der Waals surface area (Å²) in [5.41, 5.74) is 0.961. The summed E-state index contributed by atoms with van der Waals surface area (Å²) < 4.78 is 32.0. The number of nitrogens with zero attached hydrogens (tertiary/aromatic N) is 2. The summed E-state index contributed by atoms with van der Waals surface area (Å²) in [6, 6.07) is 8.27. The van der Waals surface area contributed by atoms with Crippen LogP contribution in [0, 0.1) is 6.92 Å². The first-order valence-corrected chi connectivity index (χ1v) is 10.2. The zero-order valence-electron chi connectivity index (χ0n) is 14.1. The van der Waals surface area contributed by atoms with E-state index >= 15 is 0 Å². The molecule has 1 aromatic carbocycles. The molecule has 0 N–H and O–H groups in total. The van der Waals surface area contributed by atoms with Crippen LogP contribution in [0.5, 0.6) is 5.75 Å². The first-order chi connectivity index (χ1) is 11.9. The van der Waals surface area contributed by atoms with E-state index in [1.807, 2.05) is 18.4 Å². The molecule has 2 heterocycles. The Hall–Kier alpha value is -1.90. The van der Waals surface area contributed by atoms with Crippen LogP contribution >= 0.6 is 11.3 Å². The molecule has 0 unspecified atom stereocenters. The maximum atomic E-state index is 12.7. The number of ether oxygens (including phenoxy) is 1. The van der Waals surface area contributed by atoms with Crippen molar-refractivity contribution in [3.63, 3.8) is 0 Å². The van der Waals surface area contributed by atoms with Gasteiger partial charge >= 0.3 is 0 Å².